The quantitative estimate of drug-likeness (QED) is 0.587. The summed E-state index contributed by atoms with van der Waals surface area (Å²) >= 11 is 0. The molecule has 0 bridgehead atoms. The van der Waals surface area contributed by atoms with Crippen molar-refractivity contribution in [2.24, 2.45) is 11.1 Å². The first-order valence-electron chi connectivity index (χ1n) is 10.5. The zero-order valence-electron chi connectivity index (χ0n) is 19.0. The normalized spacial score (nSPS) is 11.5. The molecular formula is C23H33N3O5. The summed E-state index contributed by atoms with van der Waals surface area (Å²) in [6.45, 7) is 8.71. The van der Waals surface area contributed by atoms with Crippen LogP contribution in [0.15, 0.2) is 23.0 Å². The highest BCUT2D eigenvalue weighted by atomic mass is 16.5. The molecule has 0 aliphatic heterocycles. The van der Waals surface area contributed by atoms with Gasteiger partial charge in [-0.1, -0.05) is 40.2 Å². The van der Waals surface area contributed by atoms with Gasteiger partial charge in [0.15, 0.2) is 11.6 Å². The number of rotatable bonds is 9. The van der Waals surface area contributed by atoms with Crippen LogP contribution in [0.2, 0.25) is 0 Å². The van der Waals surface area contributed by atoms with Crippen LogP contribution in [0.4, 0.5) is 10.6 Å². The number of hydrogen-bond donors (Lipinski definition) is 2. The van der Waals surface area contributed by atoms with E-state index in [2.05, 4.69) is 0 Å². The predicted octanol–water partition coefficient (Wildman–Crippen LogP) is 3.76. The number of aryl methyl sites for hydroxylation is 1. The standard InChI is InChI=1S/C23H33N3O5/c1-6-7-12-31-19-17-13-15(9-11-18(24)27)8-10-16(17)21(28)26(14-23(2,3)4)20(19)25(5)22(29)30/h8,10,13H,6-7,9,11-12,14H2,1-5H3,(H2,24,27)(H,29,30). The third-order valence-corrected chi connectivity index (χ3v) is 4.90. The number of anilines is 1. The summed E-state index contributed by atoms with van der Waals surface area (Å²) in [5, 5.41) is 10.7. The van der Waals surface area contributed by atoms with Gasteiger partial charge < -0.3 is 15.6 Å². The van der Waals surface area contributed by atoms with Crippen molar-refractivity contribution in [1.29, 1.82) is 0 Å². The van der Waals surface area contributed by atoms with Crippen LogP contribution < -0.4 is 20.9 Å². The van der Waals surface area contributed by atoms with Crippen molar-refractivity contribution in [3.63, 3.8) is 0 Å². The number of nitrogens with two attached hydrogens (primary N) is 1. The molecule has 0 fully saturated rings. The second-order valence-electron chi connectivity index (χ2n) is 8.99. The number of amides is 2. The van der Waals surface area contributed by atoms with Gasteiger partial charge in [-0.3, -0.25) is 19.1 Å². The highest BCUT2D eigenvalue weighted by Crippen LogP contribution is 2.36. The molecular weight excluding hydrogens is 398 g/mol. The van der Waals surface area contributed by atoms with Crippen LogP contribution in [0.25, 0.3) is 10.8 Å². The lowest BCUT2D eigenvalue weighted by Crippen LogP contribution is -2.35. The average Bonchev–Trinajstić information content (AvgIpc) is 2.68. The topological polar surface area (TPSA) is 115 Å². The summed E-state index contributed by atoms with van der Waals surface area (Å²) in [5.74, 6) is 0.160. The van der Waals surface area contributed by atoms with Gasteiger partial charge in [-0.05, 0) is 36.0 Å². The van der Waals surface area contributed by atoms with E-state index < -0.39 is 12.0 Å². The number of hydrogen-bond acceptors (Lipinski definition) is 4. The van der Waals surface area contributed by atoms with E-state index in [4.69, 9.17) is 10.5 Å². The molecule has 0 atom stereocenters. The van der Waals surface area contributed by atoms with Gasteiger partial charge in [0, 0.05) is 25.4 Å². The highest BCUT2D eigenvalue weighted by Gasteiger charge is 2.27. The summed E-state index contributed by atoms with van der Waals surface area (Å²) < 4.78 is 7.58. The Morgan fingerprint density at radius 2 is 1.90 bits per heavy atom. The number of aromatic nitrogens is 1. The van der Waals surface area contributed by atoms with Crippen LogP contribution in [0.1, 0.15) is 52.5 Å². The van der Waals surface area contributed by atoms with Crippen LogP contribution in [0, 0.1) is 5.41 Å². The first kappa shape index (κ1) is 24.2. The molecule has 1 aromatic carbocycles. The minimum Gasteiger partial charge on any atom is -0.489 e. The third kappa shape index (κ3) is 5.99. The molecule has 2 amide bonds. The van der Waals surface area contributed by atoms with E-state index in [9.17, 15) is 19.5 Å². The molecule has 8 heteroatoms. The molecule has 2 rings (SSSR count). The van der Waals surface area contributed by atoms with E-state index in [0.717, 1.165) is 23.3 Å². The van der Waals surface area contributed by atoms with E-state index in [-0.39, 0.29) is 23.2 Å². The molecule has 0 saturated heterocycles. The van der Waals surface area contributed by atoms with Crippen LogP contribution in [-0.4, -0.2) is 35.3 Å². The Bertz CT molecular complexity index is 1020. The Hall–Kier alpha value is -3.03. The van der Waals surface area contributed by atoms with E-state index in [1.165, 1.54) is 11.6 Å². The number of fused-ring (bicyclic) bond motifs is 1. The van der Waals surface area contributed by atoms with Crippen molar-refractivity contribution in [2.75, 3.05) is 18.6 Å². The molecule has 0 aliphatic carbocycles. The number of carbonyl (C=O) groups is 2. The van der Waals surface area contributed by atoms with Gasteiger partial charge in [-0.15, -0.1) is 0 Å². The minimum atomic E-state index is -1.19. The SMILES string of the molecule is CCCCOc1c(N(C)C(=O)O)n(CC(C)(C)C)c(=O)c2ccc(CCC(N)=O)cc12. The lowest BCUT2D eigenvalue weighted by Gasteiger charge is -2.28. The van der Waals surface area contributed by atoms with Crippen LogP contribution in [0.3, 0.4) is 0 Å². The monoisotopic (exact) mass is 431 g/mol. The molecule has 0 saturated carbocycles. The molecule has 170 valence electrons. The Labute approximate surface area is 182 Å². The number of unbranched alkanes of at least 4 members (excludes halogenated alkanes) is 1. The van der Waals surface area contributed by atoms with Crippen LogP contribution in [0.5, 0.6) is 5.75 Å². The fraction of sp³-hybridized carbons (Fsp3) is 0.522. The molecule has 3 N–H and O–H groups in total. The van der Waals surface area contributed by atoms with Crippen molar-refractivity contribution in [2.45, 2.75) is 59.9 Å². The highest BCUT2D eigenvalue weighted by molar-refractivity contribution is 5.96. The molecule has 0 radical (unpaired) electrons. The Balaban J connectivity index is 2.84. The maximum Gasteiger partial charge on any atom is 0.412 e. The van der Waals surface area contributed by atoms with Gasteiger partial charge in [-0.25, -0.2) is 4.79 Å². The first-order valence-corrected chi connectivity index (χ1v) is 10.5. The van der Waals surface area contributed by atoms with Crippen molar-refractivity contribution in [1.82, 2.24) is 4.57 Å². The van der Waals surface area contributed by atoms with Gasteiger partial charge in [0.1, 0.15) is 0 Å². The first-order chi connectivity index (χ1) is 14.5. The molecule has 0 spiro atoms. The summed E-state index contributed by atoms with van der Waals surface area (Å²) in [4.78, 5) is 37.6. The maximum atomic E-state index is 13.4. The van der Waals surface area contributed by atoms with Crippen molar-refractivity contribution in [3.05, 3.63) is 34.1 Å². The number of ether oxygens (including phenoxy) is 1. The summed E-state index contributed by atoms with van der Waals surface area (Å²) in [7, 11) is 1.41. The minimum absolute atomic E-state index is 0.181. The lowest BCUT2D eigenvalue weighted by atomic mass is 9.96. The molecule has 0 aliphatic rings. The Morgan fingerprint density at radius 1 is 1.23 bits per heavy atom. The van der Waals surface area contributed by atoms with Gasteiger partial charge in [-0.2, -0.15) is 0 Å². The molecule has 31 heavy (non-hydrogen) atoms. The molecule has 1 aromatic heterocycles. The zero-order chi connectivity index (χ0) is 23.3. The average molecular weight is 432 g/mol. The second-order valence-corrected chi connectivity index (χ2v) is 8.99. The largest absolute Gasteiger partial charge is 0.489 e. The summed E-state index contributed by atoms with van der Waals surface area (Å²) in [6.07, 6.45) is 1.12. The second kappa shape index (κ2) is 9.85. The fourth-order valence-corrected chi connectivity index (χ4v) is 3.38. The molecule has 8 nitrogen and oxygen atoms in total. The Morgan fingerprint density at radius 3 is 2.45 bits per heavy atom. The van der Waals surface area contributed by atoms with E-state index in [1.54, 1.807) is 18.2 Å². The number of nitrogens with zero attached hydrogens (tertiary/aromatic N) is 2. The van der Waals surface area contributed by atoms with Gasteiger partial charge in [0.05, 0.1) is 12.0 Å². The molecule has 2 aromatic rings. The van der Waals surface area contributed by atoms with Gasteiger partial charge >= 0.3 is 6.09 Å². The molecule has 0 unspecified atom stereocenters. The summed E-state index contributed by atoms with van der Waals surface area (Å²) in [6, 6.07) is 5.30. The molecule has 1 heterocycles. The summed E-state index contributed by atoms with van der Waals surface area (Å²) in [5.41, 5.74) is 5.55. The lowest BCUT2D eigenvalue weighted by molar-refractivity contribution is -0.117. The number of pyridine rings is 1. The Kier molecular flexibility index (Phi) is 7.70. The van der Waals surface area contributed by atoms with Crippen molar-refractivity contribution >= 4 is 28.6 Å². The van der Waals surface area contributed by atoms with E-state index >= 15 is 0 Å². The number of primary amides is 1. The number of benzene rings is 1. The number of carboxylic acid groups (broad SMARTS) is 1. The van der Waals surface area contributed by atoms with Crippen LogP contribution >= 0.6 is 0 Å². The third-order valence-electron chi connectivity index (χ3n) is 4.90. The zero-order valence-corrected chi connectivity index (χ0v) is 19.0. The van der Waals surface area contributed by atoms with Crippen LogP contribution in [-0.2, 0) is 17.8 Å². The maximum absolute atomic E-state index is 13.4. The van der Waals surface area contributed by atoms with E-state index in [1.807, 2.05) is 27.7 Å². The van der Waals surface area contributed by atoms with Crippen molar-refractivity contribution < 1.29 is 19.4 Å². The smallest absolute Gasteiger partial charge is 0.412 e. The fourth-order valence-electron chi connectivity index (χ4n) is 3.38. The van der Waals surface area contributed by atoms with Gasteiger partial charge in [0.2, 0.25) is 5.91 Å². The number of carbonyl (C=O) groups excluding carboxylic acids is 1. The van der Waals surface area contributed by atoms with Gasteiger partial charge in [0.25, 0.3) is 5.56 Å². The van der Waals surface area contributed by atoms with Crippen molar-refractivity contribution in [3.8, 4) is 5.75 Å². The predicted molar refractivity (Wildman–Crippen MR) is 122 cm³/mol. The van der Waals surface area contributed by atoms with E-state index in [0.29, 0.717) is 36.1 Å².